The van der Waals surface area contributed by atoms with Crippen LogP contribution in [0, 0.1) is 0 Å². The second-order valence-electron chi connectivity index (χ2n) is 4.60. The summed E-state index contributed by atoms with van der Waals surface area (Å²) >= 11 is 3.41. The van der Waals surface area contributed by atoms with Crippen molar-refractivity contribution in [3.63, 3.8) is 0 Å². The Morgan fingerprint density at radius 1 is 1.39 bits per heavy atom. The monoisotopic (exact) mass is 309 g/mol. The third-order valence-electron chi connectivity index (χ3n) is 3.37. The quantitative estimate of drug-likeness (QED) is 0.933. The van der Waals surface area contributed by atoms with Gasteiger partial charge in [-0.25, -0.2) is 4.79 Å². The second-order valence-corrected chi connectivity index (χ2v) is 5.52. The smallest absolute Gasteiger partial charge is 0.346 e. The summed E-state index contributed by atoms with van der Waals surface area (Å²) in [4.78, 5) is 17.3. The van der Waals surface area contributed by atoms with Gasteiger partial charge in [-0.15, -0.1) is 0 Å². The molecule has 1 aromatic carbocycles. The number of hydrogen-bond acceptors (Lipinski definition) is 2. The van der Waals surface area contributed by atoms with Crippen molar-refractivity contribution in [3.05, 3.63) is 34.3 Å². The molecule has 1 atom stereocenters. The molecule has 1 aliphatic heterocycles. The predicted molar refractivity (Wildman–Crippen MR) is 75.6 cm³/mol. The molecule has 2 amide bonds. The molecule has 0 saturated heterocycles. The molecule has 0 fully saturated rings. The first-order valence-corrected chi connectivity index (χ1v) is 6.67. The Labute approximate surface area is 115 Å². The van der Waals surface area contributed by atoms with Gasteiger partial charge in [-0.2, -0.15) is 4.99 Å². The summed E-state index contributed by atoms with van der Waals surface area (Å²) in [5, 5.41) is 0. The fourth-order valence-corrected chi connectivity index (χ4v) is 2.57. The molecule has 1 aromatic rings. The highest BCUT2D eigenvalue weighted by molar-refractivity contribution is 9.10. The van der Waals surface area contributed by atoms with Crippen molar-refractivity contribution < 1.29 is 4.79 Å². The van der Waals surface area contributed by atoms with Crippen LogP contribution in [-0.4, -0.2) is 28.9 Å². The average Bonchev–Trinajstić information content (AvgIpc) is 2.53. The van der Waals surface area contributed by atoms with Crippen LogP contribution in [0.3, 0.4) is 0 Å². The molecule has 0 spiro atoms. The molecule has 0 bridgehead atoms. The Morgan fingerprint density at radius 2 is 2.00 bits per heavy atom. The number of nitrogens with two attached hydrogens (primary N) is 1. The maximum atomic E-state index is 11.7. The fourth-order valence-electron chi connectivity index (χ4n) is 2.30. The average molecular weight is 310 g/mol. The van der Waals surface area contributed by atoms with Crippen LogP contribution in [0.1, 0.15) is 19.4 Å². The van der Waals surface area contributed by atoms with Crippen molar-refractivity contribution in [2.75, 3.05) is 6.54 Å². The van der Waals surface area contributed by atoms with E-state index < -0.39 is 5.54 Å². The zero-order valence-corrected chi connectivity index (χ0v) is 12.1. The van der Waals surface area contributed by atoms with E-state index in [9.17, 15) is 4.79 Å². The highest BCUT2D eigenvalue weighted by Crippen LogP contribution is 2.27. The van der Waals surface area contributed by atoms with Gasteiger partial charge in [-0.1, -0.05) is 28.1 Å². The zero-order valence-electron chi connectivity index (χ0n) is 10.5. The maximum absolute atomic E-state index is 11.7. The van der Waals surface area contributed by atoms with Crippen LogP contribution < -0.4 is 5.73 Å². The lowest BCUT2D eigenvalue weighted by atomic mass is 9.91. The van der Waals surface area contributed by atoms with E-state index in [1.807, 2.05) is 38.1 Å². The second kappa shape index (κ2) is 4.72. The summed E-state index contributed by atoms with van der Waals surface area (Å²) in [5.41, 5.74) is 6.54. The number of urea groups is 1. The number of benzene rings is 1. The van der Waals surface area contributed by atoms with Gasteiger partial charge in [0.15, 0.2) is 0 Å². The number of aliphatic imine (C=N–C) groups is 1. The molecule has 2 N–H and O–H groups in total. The first kappa shape index (κ1) is 13.1. The summed E-state index contributed by atoms with van der Waals surface area (Å²) in [5.74, 6) is 0.400. The van der Waals surface area contributed by atoms with Crippen LogP contribution in [0.15, 0.2) is 33.7 Å². The van der Waals surface area contributed by atoms with Crippen molar-refractivity contribution in [3.8, 4) is 0 Å². The minimum Gasteiger partial charge on any atom is -0.385 e. The first-order chi connectivity index (χ1) is 8.47. The number of rotatable bonds is 3. The molecule has 2 rings (SSSR count). The molecule has 5 heteroatoms. The number of amidine groups is 1. The van der Waals surface area contributed by atoms with E-state index in [2.05, 4.69) is 20.9 Å². The summed E-state index contributed by atoms with van der Waals surface area (Å²) < 4.78 is 1.04. The molecule has 96 valence electrons. The standard InChI is InChI=1S/C13H16BrN3O/c1-3-17-12(18)16-11(15)13(17,2)8-9-4-6-10(14)7-5-9/h4-7H,3,8H2,1-2H3,(H2,15,16,18). The van der Waals surface area contributed by atoms with Crippen LogP contribution >= 0.6 is 15.9 Å². The van der Waals surface area contributed by atoms with Crippen LogP contribution in [-0.2, 0) is 6.42 Å². The van der Waals surface area contributed by atoms with E-state index in [4.69, 9.17) is 5.73 Å². The SMILES string of the molecule is CCN1C(=O)N=C(N)C1(C)Cc1ccc(Br)cc1. The number of hydrogen-bond donors (Lipinski definition) is 1. The number of likely N-dealkylation sites (N-methyl/N-ethyl adjacent to an activating group) is 1. The molecule has 1 heterocycles. The highest BCUT2D eigenvalue weighted by Gasteiger charge is 2.43. The van der Waals surface area contributed by atoms with Crippen molar-refractivity contribution in [2.45, 2.75) is 25.8 Å². The van der Waals surface area contributed by atoms with Crippen molar-refractivity contribution in [1.29, 1.82) is 0 Å². The van der Waals surface area contributed by atoms with Gasteiger partial charge >= 0.3 is 6.03 Å². The summed E-state index contributed by atoms with van der Waals surface area (Å²) in [6.45, 7) is 4.50. The van der Waals surface area contributed by atoms with Gasteiger partial charge in [-0.3, -0.25) is 0 Å². The Bertz CT molecular complexity index is 497. The number of halogens is 1. The van der Waals surface area contributed by atoms with E-state index in [0.29, 0.717) is 18.8 Å². The van der Waals surface area contributed by atoms with Crippen LogP contribution in [0.25, 0.3) is 0 Å². The van der Waals surface area contributed by atoms with Gasteiger partial charge < -0.3 is 10.6 Å². The van der Waals surface area contributed by atoms with E-state index in [0.717, 1.165) is 10.0 Å². The van der Waals surface area contributed by atoms with Gasteiger partial charge in [0.05, 0.1) is 0 Å². The van der Waals surface area contributed by atoms with Gasteiger partial charge in [-0.05, 0) is 31.5 Å². The Morgan fingerprint density at radius 3 is 2.56 bits per heavy atom. The van der Waals surface area contributed by atoms with E-state index in [1.165, 1.54) is 0 Å². The third-order valence-corrected chi connectivity index (χ3v) is 3.90. The number of amides is 2. The van der Waals surface area contributed by atoms with Crippen molar-refractivity contribution in [1.82, 2.24) is 4.90 Å². The normalized spacial score (nSPS) is 23.4. The van der Waals surface area contributed by atoms with Gasteiger partial charge in [0.25, 0.3) is 0 Å². The number of nitrogens with zero attached hydrogens (tertiary/aromatic N) is 2. The predicted octanol–water partition coefficient (Wildman–Crippen LogP) is 2.56. The lowest BCUT2D eigenvalue weighted by molar-refractivity contribution is 0.182. The molecule has 4 nitrogen and oxygen atoms in total. The van der Waals surface area contributed by atoms with Gasteiger partial charge in [0.2, 0.25) is 0 Å². The van der Waals surface area contributed by atoms with Gasteiger partial charge in [0.1, 0.15) is 11.4 Å². The largest absolute Gasteiger partial charge is 0.385 e. The van der Waals surface area contributed by atoms with Crippen molar-refractivity contribution >= 4 is 27.8 Å². The molecule has 0 saturated carbocycles. The fraction of sp³-hybridized carbons (Fsp3) is 0.385. The number of carbonyl (C=O) groups excluding carboxylic acids is 1. The van der Waals surface area contributed by atoms with Crippen LogP contribution in [0.5, 0.6) is 0 Å². The van der Waals surface area contributed by atoms with Crippen LogP contribution in [0.2, 0.25) is 0 Å². The Balaban J connectivity index is 2.28. The zero-order chi connectivity index (χ0) is 13.3. The molecule has 18 heavy (non-hydrogen) atoms. The lowest BCUT2D eigenvalue weighted by Gasteiger charge is -2.34. The van der Waals surface area contributed by atoms with E-state index >= 15 is 0 Å². The van der Waals surface area contributed by atoms with Gasteiger partial charge in [0, 0.05) is 17.4 Å². The molecule has 0 aromatic heterocycles. The highest BCUT2D eigenvalue weighted by atomic mass is 79.9. The Hall–Kier alpha value is -1.36. The van der Waals surface area contributed by atoms with Crippen molar-refractivity contribution in [2.24, 2.45) is 10.7 Å². The van der Waals surface area contributed by atoms with E-state index in [1.54, 1.807) is 4.90 Å². The molecule has 0 radical (unpaired) electrons. The molecule has 1 aliphatic rings. The summed E-state index contributed by atoms with van der Waals surface area (Å²) in [6, 6.07) is 7.78. The lowest BCUT2D eigenvalue weighted by Crippen LogP contribution is -2.53. The Kier molecular flexibility index (Phi) is 3.43. The summed E-state index contributed by atoms with van der Waals surface area (Å²) in [7, 11) is 0. The third kappa shape index (κ3) is 2.14. The minimum absolute atomic E-state index is 0.241. The minimum atomic E-state index is -0.514. The molecular formula is C13H16BrN3O. The topological polar surface area (TPSA) is 58.7 Å². The first-order valence-electron chi connectivity index (χ1n) is 5.88. The molecule has 1 unspecified atom stereocenters. The van der Waals surface area contributed by atoms with Crippen LogP contribution in [0.4, 0.5) is 4.79 Å². The number of carbonyl (C=O) groups is 1. The molecule has 0 aliphatic carbocycles. The maximum Gasteiger partial charge on any atom is 0.346 e. The van der Waals surface area contributed by atoms with E-state index in [-0.39, 0.29) is 6.03 Å². The molecular weight excluding hydrogens is 294 g/mol. The summed E-state index contributed by atoms with van der Waals surface area (Å²) in [6.07, 6.45) is 0.676.